The van der Waals surface area contributed by atoms with Gasteiger partial charge in [0.25, 0.3) is 0 Å². The molecule has 0 aromatic carbocycles. The quantitative estimate of drug-likeness (QED) is 0.767. The topological polar surface area (TPSA) is 73.7 Å². The lowest BCUT2D eigenvalue weighted by Gasteiger charge is -2.18. The third-order valence-electron chi connectivity index (χ3n) is 2.53. The van der Waals surface area contributed by atoms with E-state index in [2.05, 4.69) is 4.98 Å². The van der Waals surface area contributed by atoms with E-state index in [1.807, 2.05) is 0 Å². The minimum atomic E-state index is -1.22. The van der Waals surface area contributed by atoms with Crippen LogP contribution in [-0.4, -0.2) is 40.4 Å². The molecule has 0 spiro atoms. The van der Waals surface area contributed by atoms with Crippen LogP contribution in [0.4, 0.5) is 10.2 Å². The van der Waals surface area contributed by atoms with Gasteiger partial charge in [0, 0.05) is 13.1 Å². The monoisotopic (exact) mass is 226 g/mol. The zero-order chi connectivity index (χ0) is 11.7. The zero-order valence-electron chi connectivity index (χ0n) is 8.43. The van der Waals surface area contributed by atoms with Gasteiger partial charge in [0.1, 0.15) is 17.2 Å². The molecule has 86 valence electrons. The molecular weight excluding hydrogens is 215 g/mol. The van der Waals surface area contributed by atoms with E-state index < -0.39 is 17.9 Å². The van der Waals surface area contributed by atoms with Crippen molar-refractivity contribution in [1.29, 1.82) is 0 Å². The van der Waals surface area contributed by atoms with Crippen molar-refractivity contribution in [2.75, 3.05) is 18.0 Å². The van der Waals surface area contributed by atoms with E-state index >= 15 is 0 Å². The third kappa shape index (κ3) is 1.96. The summed E-state index contributed by atoms with van der Waals surface area (Å²) in [4.78, 5) is 16.3. The van der Waals surface area contributed by atoms with Crippen LogP contribution < -0.4 is 4.90 Å². The molecule has 2 heterocycles. The van der Waals surface area contributed by atoms with Gasteiger partial charge in [-0.3, -0.25) is 0 Å². The number of pyridine rings is 1. The molecule has 0 bridgehead atoms. The SMILES string of the molecule is O=C(O)c1cc(F)cnc1N1CCC(O)C1. The lowest BCUT2D eigenvalue weighted by atomic mass is 10.2. The number of carboxylic acids is 1. The Hall–Kier alpha value is -1.69. The van der Waals surface area contributed by atoms with Gasteiger partial charge in [0.05, 0.1) is 12.3 Å². The lowest BCUT2D eigenvalue weighted by molar-refractivity contribution is 0.0696. The van der Waals surface area contributed by atoms with Gasteiger partial charge in [-0.1, -0.05) is 0 Å². The molecule has 1 aliphatic heterocycles. The van der Waals surface area contributed by atoms with Gasteiger partial charge in [0.15, 0.2) is 0 Å². The van der Waals surface area contributed by atoms with E-state index in [1.165, 1.54) is 0 Å². The van der Waals surface area contributed by atoms with E-state index in [0.29, 0.717) is 19.5 Å². The van der Waals surface area contributed by atoms with Crippen LogP contribution in [0.2, 0.25) is 0 Å². The molecule has 0 amide bonds. The van der Waals surface area contributed by atoms with Crippen molar-refractivity contribution in [1.82, 2.24) is 4.98 Å². The Kier molecular flexibility index (Phi) is 2.74. The summed E-state index contributed by atoms with van der Waals surface area (Å²) in [6, 6.07) is 0.940. The minimum absolute atomic E-state index is 0.172. The Morgan fingerprint density at radius 1 is 1.62 bits per heavy atom. The first-order chi connectivity index (χ1) is 7.58. The number of carboxylic acid groups (broad SMARTS) is 1. The van der Waals surface area contributed by atoms with Crippen LogP contribution in [-0.2, 0) is 0 Å². The first-order valence-corrected chi connectivity index (χ1v) is 4.90. The van der Waals surface area contributed by atoms with Crippen molar-refractivity contribution in [2.45, 2.75) is 12.5 Å². The van der Waals surface area contributed by atoms with Gasteiger partial charge in [-0.15, -0.1) is 0 Å². The molecule has 6 heteroatoms. The molecule has 0 radical (unpaired) electrons. The molecule has 1 aromatic heterocycles. The van der Waals surface area contributed by atoms with Crippen molar-refractivity contribution >= 4 is 11.8 Å². The van der Waals surface area contributed by atoms with Gasteiger partial charge in [0.2, 0.25) is 0 Å². The normalized spacial score (nSPS) is 20.1. The predicted molar refractivity (Wildman–Crippen MR) is 54.0 cm³/mol. The van der Waals surface area contributed by atoms with Gasteiger partial charge in [-0.25, -0.2) is 14.2 Å². The third-order valence-corrected chi connectivity index (χ3v) is 2.53. The molecule has 16 heavy (non-hydrogen) atoms. The van der Waals surface area contributed by atoms with Gasteiger partial charge >= 0.3 is 5.97 Å². The molecule has 5 nitrogen and oxygen atoms in total. The van der Waals surface area contributed by atoms with Crippen LogP contribution in [0.25, 0.3) is 0 Å². The second-order valence-corrected chi connectivity index (χ2v) is 3.72. The average molecular weight is 226 g/mol. The van der Waals surface area contributed by atoms with E-state index in [4.69, 9.17) is 5.11 Å². The van der Waals surface area contributed by atoms with Crippen LogP contribution >= 0.6 is 0 Å². The van der Waals surface area contributed by atoms with Crippen LogP contribution in [0, 0.1) is 5.82 Å². The highest BCUT2D eigenvalue weighted by Crippen LogP contribution is 2.22. The maximum atomic E-state index is 12.9. The fourth-order valence-electron chi connectivity index (χ4n) is 1.78. The number of nitrogens with zero attached hydrogens (tertiary/aromatic N) is 2. The number of hydrogen-bond acceptors (Lipinski definition) is 4. The summed E-state index contributed by atoms with van der Waals surface area (Å²) in [6.45, 7) is 0.860. The van der Waals surface area contributed by atoms with Gasteiger partial charge < -0.3 is 15.1 Å². The number of aromatic nitrogens is 1. The standard InChI is InChI=1S/C10H11FN2O3/c11-6-3-8(10(15)16)9(12-4-6)13-2-1-7(14)5-13/h3-4,7,14H,1-2,5H2,(H,15,16). The van der Waals surface area contributed by atoms with Crippen molar-refractivity contribution in [3.05, 3.63) is 23.6 Å². The molecule has 1 unspecified atom stereocenters. The smallest absolute Gasteiger partial charge is 0.339 e. The fraction of sp³-hybridized carbons (Fsp3) is 0.400. The number of aliphatic hydroxyl groups is 1. The van der Waals surface area contributed by atoms with Gasteiger partial charge in [-0.05, 0) is 12.5 Å². The Morgan fingerprint density at radius 2 is 2.38 bits per heavy atom. The molecule has 0 saturated carbocycles. The summed E-state index contributed by atoms with van der Waals surface area (Å²) < 4.78 is 12.9. The van der Waals surface area contributed by atoms with Crippen LogP contribution in [0.15, 0.2) is 12.3 Å². The number of hydrogen-bond donors (Lipinski definition) is 2. The van der Waals surface area contributed by atoms with Crippen molar-refractivity contribution < 1.29 is 19.4 Å². The minimum Gasteiger partial charge on any atom is -0.478 e. The molecule has 1 fully saturated rings. The number of aliphatic hydroxyl groups excluding tert-OH is 1. The molecule has 1 atom stereocenters. The second-order valence-electron chi connectivity index (χ2n) is 3.72. The van der Waals surface area contributed by atoms with Crippen molar-refractivity contribution in [3.8, 4) is 0 Å². The predicted octanol–water partition coefficient (Wildman–Crippen LogP) is 0.490. The van der Waals surface area contributed by atoms with E-state index in [0.717, 1.165) is 12.3 Å². The number of anilines is 1. The molecule has 1 aromatic rings. The number of β-amino-alcohol motifs (C(OH)–C–C–N with tert-alkyl or cyclic N) is 1. The summed E-state index contributed by atoms with van der Waals surface area (Å²) in [7, 11) is 0. The number of carbonyl (C=O) groups is 1. The van der Waals surface area contributed by atoms with Crippen LogP contribution in [0.5, 0.6) is 0 Å². The first kappa shape index (κ1) is 10.8. The van der Waals surface area contributed by atoms with E-state index in [9.17, 15) is 14.3 Å². The van der Waals surface area contributed by atoms with Crippen molar-refractivity contribution in [3.63, 3.8) is 0 Å². The molecular formula is C10H11FN2O3. The van der Waals surface area contributed by atoms with Crippen molar-refractivity contribution in [2.24, 2.45) is 0 Å². The van der Waals surface area contributed by atoms with Gasteiger partial charge in [-0.2, -0.15) is 0 Å². The zero-order valence-corrected chi connectivity index (χ0v) is 8.43. The molecule has 1 saturated heterocycles. The Labute approximate surface area is 91.1 Å². The summed E-state index contributed by atoms with van der Waals surface area (Å²) >= 11 is 0. The molecule has 2 rings (SSSR count). The molecule has 2 N–H and O–H groups in total. The molecule has 1 aliphatic rings. The summed E-state index contributed by atoms with van der Waals surface area (Å²) in [6.07, 6.45) is 1.07. The highest BCUT2D eigenvalue weighted by molar-refractivity contribution is 5.93. The maximum absolute atomic E-state index is 12.9. The highest BCUT2D eigenvalue weighted by atomic mass is 19.1. The van der Waals surface area contributed by atoms with E-state index in [-0.39, 0.29) is 11.4 Å². The molecule has 0 aliphatic carbocycles. The van der Waals surface area contributed by atoms with E-state index in [1.54, 1.807) is 4.90 Å². The first-order valence-electron chi connectivity index (χ1n) is 4.90. The number of halogens is 1. The van der Waals surface area contributed by atoms with Crippen LogP contribution in [0.1, 0.15) is 16.8 Å². The Balaban J connectivity index is 2.36. The summed E-state index contributed by atoms with van der Waals surface area (Å²) in [5, 5.41) is 18.3. The Morgan fingerprint density at radius 3 is 2.94 bits per heavy atom. The average Bonchev–Trinajstić information content (AvgIpc) is 2.64. The largest absolute Gasteiger partial charge is 0.478 e. The number of rotatable bonds is 2. The maximum Gasteiger partial charge on any atom is 0.339 e. The number of aromatic carboxylic acids is 1. The van der Waals surface area contributed by atoms with Crippen LogP contribution in [0.3, 0.4) is 0 Å². The highest BCUT2D eigenvalue weighted by Gasteiger charge is 2.25. The fourth-order valence-corrected chi connectivity index (χ4v) is 1.78. The summed E-state index contributed by atoms with van der Waals surface area (Å²) in [5.41, 5.74) is -0.172. The Bertz CT molecular complexity index is 425. The summed E-state index contributed by atoms with van der Waals surface area (Å²) in [5.74, 6) is -1.69. The second kappa shape index (κ2) is 4.05. The lowest BCUT2D eigenvalue weighted by Crippen LogP contribution is -2.24.